The fourth-order valence-corrected chi connectivity index (χ4v) is 3.22. The van der Waals surface area contributed by atoms with Crippen molar-refractivity contribution in [2.75, 3.05) is 36.4 Å². The zero-order valence-corrected chi connectivity index (χ0v) is 16.5. The molecule has 2 aromatic carbocycles. The number of para-hydroxylation sites is 1. The van der Waals surface area contributed by atoms with Crippen LogP contribution in [0.4, 0.5) is 11.4 Å². The second-order valence-corrected chi connectivity index (χ2v) is 7.06. The van der Waals surface area contributed by atoms with Gasteiger partial charge in [-0.15, -0.1) is 0 Å². The van der Waals surface area contributed by atoms with Crippen molar-refractivity contribution in [1.29, 1.82) is 0 Å². The predicted molar refractivity (Wildman–Crippen MR) is 117 cm³/mol. The maximum Gasteiger partial charge on any atom is 0.189 e. The lowest BCUT2D eigenvalue weighted by molar-refractivity contribution is 0.378. The summed E-state index contributed by atoms with van der Waals surface area (Å²) in [4.78, 5) is 4.49. The van der Waals surface area contributed by atoms with Gasteiger partial charge in [0.05, 0.1) is 0 Å². The van der Waals surface area contributed by atoms with Gasteiger partial charge in [0.15, 0.2) is 10.2 Å². The molecular weight excluding hydrogens is 386 g/mol. The molecule has 3 N–H and O–H groups in total. The van der Waals surface area contributed by atoms with Crippen LogP contribution >= 0.6 is 36.0 Å². The van der Waals surface area contributed by atoms with E-state index >= 15 is 0 Å². The predicted octanol–water partition coefficient (Wildman–Crippen LogP) is 3.24. The highest BCUT2D eigenvalue weighted by molar-refractivity contribution is 7.80. The van der Waals surface area contributed by atoms with Crippen LogP contribution in [0.1, 0.15) is 0 Å². The zero-order chi connectivity index (χ0) is 18.4. The van der Waals surface area contributed by atoms with Crippen molar-refractivity contribution in [3.63, 3.8) is 0 Å². The third-order valence-corrected chi connectivity index (χ3v) is 4.89. The molecule has 0 unspecified atom stereocenters. The molecule has 0 aliphatic carbocycles. The molecule has 26 heavy (non-hydrogen) atoms. The smallest absolute Gasteiger partial charge is 0.189 e. The molecule has 0 aromatic heterocycles. The van der Waals surface area contributed by atoms with E-state index in [1.807, 2.05) is 18.2 Å². The molecule has 2 aromatic rings. The van der Waals surface area contributed by atoms with E-state index in [9.17, 15) is 0 Å². The number of nitrogens with one attached hydrogen (secondary N) is 3. The lowest BCUT2D eigenvalue weighted by Gasteiger charge is -2.37. The highest BCUT2D eigenvalue weighted by Gasteiger charge is 2.19. The number of anilines is 2. The number of nitrogens with zero attached hydrogens (tertiary/aromatic N) is 2. The van der Waals surface area contributed by atoms with E-state index in [-0.39, 0.29) is 0 Å². The van der Waals surface area contributed by atoms with Crippen molar-refractivity contribution < 1.29 is 0 Å². The molecule has 0 saturated carbocycles. The normalized spacial score (nSPS) is 13.9. The van der Waals surface area contributed by atoms with E-state index in [4.69, 9.17) is 36.0 Å². The van der Waals surface area contributed by atoms with E-state index in [1.54, 1.807) is 12.1 Å². The number of hydrogen-bond acceptors (Lipinski definition) is 3. The minimum atomic E-state index is 0.442. The van der Waals surface area contributed by atoms with Gasteiger partial charge in [0.1, 0.15) is 0 Å². The van der Waals surface area contributed by atoms with Crippen LogP contribution in [0.25, 0.3) is 0 Å². The molecular formula is C18H20ClN5S2. The number of halogens is 1. The topological polar surface area (TPSA) is 42.6 Å². The van der Waals surface area contributed by atoms with E-state index in [2.05, 4.69) is 50.2 Å². The van der Waals surface area contributed by atoms with E-state index in [1.165, 1.54) is 5.69 Å². The molecule has 5 nitrogen and oxygen atoms in total. The van der Waals surface area contributed by atoms with Gasteiger partial charge in [-0.1, -0.05) is 29.8 Å². The first-order valence-electron chi connectivity index (χ1n) is 8.29. The molecule has 0 spiro atoms. The Morgan fingerprint density at radius 2 is 1.50 bits per heavy atom. The van der Waals surface area contributed by atoms with Crippen LogP contribution in [0.5, 0.6) is 0 Å². The molecule has 8 heteroatoms. The third-order valence-electron chi connectivity index (χ3n) is 4.07. The Balaban J connectivity index is 1.41. The van der Waals surface area contributed by atoms with Gasteiger partial charge in [-0.25, -0.2) is 0 Å². The first-order chi connectivity index (χ1) is 12.6. The maximum atomic E-state index is 5.87. The maximum absolute atomic E-state index is 5.87. The molecule has 0 bridgehead atoms. The summed E-state index contributed by atoms with van der Waals surface area (Å²) < 4.78 is 0. The summed E-state index contributed by atoms with van der Waals surface area (Å²) in [5.74, 6) is 0. The van der Waals surface area contributed by atoms with Crippen LogP contribution in [0.15, 0.2) is 54.6 Å². The number of benzene rings is 2. The summed E-state index contributed by atoms with van der Waals surface area (Å²) in [6.07, 6.45) is 0. The van der Waals surface area contributed by atoms with Crippen molar-refractivity contribution in [1.82, 2.24) is 15.8 Å². The monoisotopic (exact) mass is 405 g/mol. The second kappa shape index (κ2) is 9.02. The average molecular weight is 406 g/mol. The van der Waals surface area contributed by atoms with E-state index < -0.39 is 0 Å². The largest absolute Gasteiger partial charge is 0.368 e. The fraction of sp³-hybridized carbons (Fsp3) is 0.222. The van der Waals surface area contributed by atoms with Crippen LogP contribution in [-0.2, 0) is 0 Å². The van der Waals surface area contributed by atoms with Gasteiger partial charge in [0.25, 0.3) is 0 Å². The van der Waals surface area contributed by atoms with E-state index in [0.717, 1.165) is 31.9 Å². The average Bonchev–Trinajstić information content (AvgIpc) is 2.69. The second-order valence-electron chi connectivity index (χ2n) is 5.83. The number of rotatable bonds is 2. The first kappa shape index (κ1) is 18.7. The molecule has 0 atom stereocenters. The van der Waals surface area contributed by atoms with Gasteiger partial charge >= 0.3 is 0 Å². The van der Waals surface area contributed by atoms with Crippen LogP contribution in [0.2, 0.25) is 5.02 Å². The number of hydrazine groups is 1. The molecule has 1 aliphatic rings. The molecule has 1 fully saturated rings. The standard InChI is InChI=1S/C18H20ClN5S2/c19-14-6-8-15(9-7-14)20-17(25)21-22-18(26)24-12-10-23(11-13-24)16-4-2-1-3-5-16/h1-9H,10-13H2,(H,22,26)(H2,20,21,25). The highest BCUT2D eigenvalue weighted by Crippen LogP contribution is 2.15. The van der Waals surface area contributed by atoms with Gasteiger partial charge in [0, 0.05) is 42.6 Å². The van der Waals surface area contributed by atoms with Crippen molar-refractivity contribution in [3.05, 3.63) is 59.6 Å². The molecule has 1 heterocycles. The number of piperazine rings is 1. The van der Waals surface area contributed by atoms with E-state index in [0.29, 0.717) is 15.2 Å². The van der Waals surface area contributed by atoms with Gasteiger partial charge in [0.2, 0.25) is 0 Å². The summed E-state index contributed by atoms with van der Waals surface area (Å²) in [6.45, 7) is 3.58. The first-order valence-corrected chi connectivity index (χ1v) is 9.49. The minimum absolute atomic E-state index is 0.442. The Hall–Kier alpha value is -2.09. The van der Waals surface area contributed by atoms with Crippen molar-refractivity contribution >= 4 is 57.6 Å². The minimum Gasteiger partial charge on any atom is -0.368 e. The fourth-order valence-electron chi connectivity index (χ4n) is 2.69. The Morgan fingerprint density at radius 3 is 2.15 bits per heavy atom. The summed E-state index contributed by atoms with van der Waals surface area (Å²) >= 11 is 16.6. The Bertz CT molecular complexity index is 746. The van der Waals surface area contributed by atoms with Crippen LogP contribution in [0.3, 0.4) is 0 Å². The SMILES string of the molecule is S=C(NNC(=S)N1CCN(c2ccccc2)CC1)Nc1ccc(Cl)cc1. The Labute approximate surface area is 169 Å². The van der Waals surface area contributed by atoms with Gasteiger partial charge in [-0.2, -0.15) is 0 Å². The van der Waals surface area contributed by atoms with Crippen molar-refractivity contribution in [2.24, 2.45) is 0 Å². The van der Waals surface area contributed by atoms with Gasteiger partial charge < -0.3 is 15.1 Å². The summed E-state index contributed by atoms with van der Waals surface area (Å²) in [7, 11) is 0. The molecule has 1 saturated heterocycles. The lowest BCUT2D eigenvalue weighted by Crippen LogP contribution is -2.55. The number of hydrogen-bond donors (Lipinski definition) is 3. The summed E-state index contributed by atoms with van der Waals surface area (Å²) in [5.41, 5.74) is 8.03. The van der Waals surface area contributed by atoms with Crippen molar-refractivity contribution in [2.45, 2.75) is 0 Å². The van der Waals surface area contributed by atoms with Crippen LogP contribution in [-0.4, -0.2) is 41.3 Å². The summed E-state index contributed by atoms with van der Waals surface area (Å²) in [6, 6.07) is 17.7. The molecule has 136 valence electrons. The number of thiocarbonyl (C=S) groups is 2. The lowest BCUT2D eigenvalue weighted by atomic mass is 10.2. The third kappa shape index (κ3) is 5.20. The highest BCUT2D eigenvalue weighted by atomic mass is 35.5. The quantitative estimate of drug-likeness (QED) is 0.523. The van der Waals surface area contributed by atoms with Gasteiger partial charge in [-0.05, 0) is 60.8 Å². The van der Waals surface area contributed by atoms with Gasteiger partial charge in [-0.3, -0.25) is 10.9 Å². The molecule has 3 rings (SSSR count). The van der Waals surface area contributed by atoms with Crippen molar-refractivity contribution in [3.8, 4) is 0 Å². The Kier molecular flexibility index (Phi) is 6.49. The Morgan fingerprint density at radius 1 is 0.846 bits per heavy atom. The molecule has 1 aliphatic heterocycles. The van der Waals surface area contributed by atoms with Crippen LogP contribution < -0.4 is 21.1 Å². The summed E-state index contributed by atoms with van der Waals surface area (Å²) in [5, 5.41) is 4.83. The molecule has 0 amide bonds. The molecule has 0 radical (unpaired) electrons. The zero-order valence-electron chi connectivity index (χ0n) is 14.1. The van der Waals surface area contributed by atoms with Crippen LogP contribution in [0, 0.1) is 0 Å².